The van der Waals surface area contributed by atoms with Crippen molar-refractivity contribution in [2.24, 2.45) is 0 Å². The van der Waals surface area contributed by atoms with Crippen molar-refractivity contribution in [3.63, 3.8) is 0 Å². The number of aromatic nitrogens is 2. The summed E-state index contributed by atoms with van der Waals surface area (Å²) in [6.07, 6.45) is 1.52. The highest BCUT2D eigenvalue weighted by Gasteiger charge is 2.12. The van der Waals surface area contributed by atoms with Crippen LogP contribution in [0.2, 0.25) is 0 Å². The third kappa shape index (κ3) is 2.02. The average molecular weight is 271 g/mol. The molecule has 0 spiro atoms. The molecule has 0 amide bonds. The van der Waals surface area contributed by atoms with Crippen molar-refractivity contribution in [1.29, 1.82) is 0 Å². The van der Waals surface area contributed by atoms with E-state index >= 15 is 0 Å². The summed E-state index contributed by atoms with van der Waals surface area (Å²) in [7, 11) is 0. The van der Waals surface area contributed by atoms with Crippen molar-refractivity contribution in [3.8, 4) is 11.6 Å². The van der Waals surface area contributed by atoms with Gasteiger partial charge in [0.2, 0.25) is 5.88 Å². The topological polar surface area (TPSA) is 61.0 Å². The Balaban J connectivity index is 2.11. The molecule has 2 heterocycles. The molecule has 2 aromatic heterocycles. The Morgan fingerprint density at radius 3 is 2.79 bits per heavy atom. The number of para-hydroxylation sites is 1. The number of nitrogens with zero attached hydrogens (tertiary/aromatic N) is 2. The second kappa shape index (κ2) is 4.51. The molecule has 0 radical (unpaired) electrons. The maximum Gasteiger partial charge on any atom is 0.240 e. The minimum Gasteiger partial charge on any atom is -0.435 e. The summed E-state index contributed by atoms with van der Waals surface area (Å²) >= 11 is 1.58. The van der Waals surface area contributed by atoms with E-state index in [2.05, 4.69) is 9.97 Å². The van der Waals surface area contributed by atoms with E-state index in [4.69, 9.17) is 10.5 Å². The fourth-order valence-electron chi connectivity index (χ4n) is 1.93. The molecule has 5 heteroatoms. The molecule has 96 valence electrons. The number of hydrogen-bond donors (Lipinski definition) is 1. The number of benzene rings is 1. The summed E-state index contributed by atoms with van der Waals surface area (Å²) < 4.78 is 6.85. The van der Waals surface area contributed by atoms with E-state index in [0.29, 0.717) is 17.3 Å². The maximum atomic E-state index is 5.95. The highest BCUT2D eigenvalue weighted by atomic mass is 32.1. The zero-order valence-corrected chi connectivity index (χ0v) is 11.5. The van der Waals surface area contributed by atoms with E-state index in [9.17, 15) is 0 Å². The van der Waals surface area contributed by atoms with Gasteiger partial charge in [-0.05, 0) is 36.4 Å². The molecule has 0 aliphatic heterocycles. The van der Waals surface area contributed by atoms with Crippen LogP contribution >= 0.6 is 11.3 Å². The fraction of sp³-hybridized carbons (Fsp3) is 0.143. The second-order valence-corrected chi connectivity index (χ2v) is 5.25. The van der Waals surface area contributed by atoms with Crippen LogP contribution in [0.15, 0.2) is 29.9 Å². The molecule has 0 saturated carbocycles. The zero-order valence-electron chi connectivity index (χ0n) is 10.7. The molecule has 0 bridgehead atoms. The smallest absolute Gasteiger partial charge is 0.240 e. The lowest BCUT2D eigenvalue weighted by Gasteiger charge is -2.10. The van der Waals surface area contributed by atoms with Crippen molar-refractivity contribution in [2.45, 2.75) is 13.8 Å². The van der Waals surface area contributed by atoms with Gasteiger partial charge < -0.3 is 10.5 Å². The van der Waals surface area contributed by atoms with Gasteiger partial charge in [0, 0.05) is 0 Å². The molecule has 2 N–H and O–H groups in total. The maximum absolute atomic E-state index is 5.95. The zero-order chi connectivity index (χ0) is 13.4. The minimum atomic E-state index is 0.559. The molecule has 0 aliphatic carbocycles. The Morgan fingerprint density at radius 2 is 2.00 bits per heavy atom. The lowest BCUT2D eigenvalue weighted by molar-refractivity contribution is 0.468. The number of nitrogen functional groups attached to an aromatic ring is 1. The first-order valence-electron chi connectivity index (χ1n) is 5.88. The molecule has 0 fully saturated rings. The van der Waals surface area contributed by atoms with Gasteiger partial charge in [-0.1, -0.05) is 12.1 Å². The van der Waals surface area contributed by atoms with Gasteiger partial charge in [0.05, 0.1) is 11.2 Å². The first kappa shape index (κ1) is 11.9. The first-order valence-corrected chi connectivity index (χ1v) is 6.76. The predicted octanol–water partition coefficient (Wildman–Crippen LogP) is 3.68. The quantitative estimate of drug-likeness (QED) is 0.722. The van der Waals surface area contributed by atoms with Crippen LogP contribution < -0.4 is 10.5 Å². The number of thiophene rings is 1. The average Bonchev–Trinajstić information content (AvgIpc) is 2.77. The summed E-state index contributed by atoms with van der Waals surface area (Å²) in [4.78, 5) is 8.50. The van der Waals surface area contributed by atoms with Crippen molar-refractivity contribution in [1.82, 2.24) is 9.97 Å². The van der Waals surface area contributed by atoms with E-state index in [1.165, 1.54) is 6.33 Å². The Labute approximate surface area is 114 Å². The SMILES string of the molecule is Cc1cccc(N)c1Oc1ncnc2c(C)csc12. The molecule has 0 unspecified atom stereocenters. The van der Waals surface area contributed by atoms with E-state index in [1.54, 1.807) is 11.3 Å². The van der Waals surface area contributed by atoms with Gasteiger partial charge in [-0.3, -0.25) is 0 Å². The van der Waals surface area contributed by atoms with Gasteiger partial charge in [0.25, 0.3) is 0 Å². The molecule has 3 rings (SSSR count). The van der Waals surface area contributed by atoms with E-state index in [1.807, 2.05) is 37.4 Å². The van der Waals surface area contributed by atoms with Crippen molar-refractivity contribution in [2.75, 3.05) is 5.73 Å². The van der Waals surface area contributed by atoms with Crippen LogP contribution in [0.4, 0.5) is 5.69 Å². The summed E-state index contributed by atoms with van der Waals surface area (Å²) in [6, 6.07) is 5.69. The van der Waals surface area contributed by atoms with Crippen LogP contribution in [0.5, 0.6) is 11.6 Å². The number of hydrogen-bond acceptors (Lipinski definition) is 5. The molecule has 1 aromatic carbocycles. The van der Waals surface area contributed by atoms with Crippen molar-refractivity contribution < 1.29 is 4.74 Å². The standard InChI is InChI=1S/C14H13N3OS/c1-8-4-3-5-10(15)12(8)18-14-13-11(16-7-17-14)9(2)6-19-13/h3-7H,15H2,1-2H3. The molecule has 0 atom stereocenters. The molecule has 0 aliphatic rings. The fourth-order valence-corrected chi connectivity index (χ4v) is 2.86. The molecule has 0 saturated heterocycles. The number of ether oxygens (including phenoxy) is 1. The number of aryl methyl sites for hydroxylation is 2. The minimum absolute atomic E-state index is 0.559. The number of anilines is 1. The Hall–Kier alpha value is -2.14. The molecule has 4 nitrogen and oxygen atoms in total. The lowest BCUT2D eigenvalue weighted by atomic mass is 10.2. The number of rotatable bonds is 2. The molecular weight excluding hydrogens is 258 g/mol. The van der Waals surface area contributed by atoms with E-state index in [-0.39, 0.29) is 0 Å². The molecule has 3 aromatic rings. The van der Waals surface area contributed by atoms with Crippen LogP contribution in [0.1, 0.15) is 11.1 Å². The van der Waals surface area contributed by atoms with Gasteiger partial charge in [-0.2, -0.15) is 0 Å². The second-order valence-electron chi connectivity index (χ2n) is 4.37. The van der Waals surface area contributed by atoms with Gasteiger partial charge in [0.15, 0.2) is 5.75 Å². The van der Waals surface area contributed by atoms with Gasteiger partial charge in [-0.25, -0.2) is 9.97 Å². The lowest BCUT2D eigenvalue weighted by Crippen LogP contribution is -1.96. The third-order valence-corrected chi connectivity index (χ3v) is 4.01. The van der Waals surface area contributed by atoms with Gasteiger partial charge in [-0.15, -0.1) is 11.3 Å². The number of fused-ring (bicyclic) bond motifs is 1. The van der Waals surface area contributed by atoms with Crippen LogP contribution in [-0.4, -0.2) is 9.97 Å². The summed E-state index contributed by atoms with van der Waals surface area (Å²) in [5.41, 5.74) is 9.61. The molecule has 19 heavy (non-hydrogen) atoms. The predicted molar refractivity (Wildman–Crippen MR) is 77.8 cm³/mol. The number of nitrogens with two attached hydrogens (primary N) is 1. The van der Waals surface area contributed by atoms with E-state index in [0.717, 1.165) is 21.3 Å². The Morgan fingerprint density at radius 1 is 1.16 bits per heavy atom. The monoisotopic (exact) mass is 271 g/mol. The Kier molecular flexibility index (Phi) is 2.83. The normalized spacial score (nSPS) is 10.8. The van der Waals surface area contributed by atoms with Crippen LogP contribution in [-0.2, 0) is 0 Å². The van der Waals surface area contributed by atoms with Crippen LogP contribution in [0.3, 0.4) is 0 Å². The van der Waals surface area contributed by atoms with Crippen molar-refractivity contribution in [3.05, 3.63) is 41.0 Å². The highest BCUT2D eigenvalue weighted by molar-refractivity contribution is 7.17. The van der Waals surface area contributed by atoms with Gasteiger partial charge >= 0.3 is 0 Å². The van der Waals surface area contributed by atoms with E-state index < -0.39 is 0 Å². The third-order valence-electron chi connectivity index (χ3n) is 2.94. The first-order chi connectivity index (χ1) is 9.16. The van der Waals surface area contributed by atoms with Crippen molar-refractivity contribution >= 4 is 27.2 Å². The summed E-state index contributed by atoms with van der Waals surface area (Å²) in [6.45, 7) is 3.99. The highest BCUT2D eigenvalue weighted by Crippen LogP contribution is 2.36. The summed E-state index contributed by atoms with van der Waals surface area (Å²) in [5, 5.41) is 2.05. The molecular formula is C14H13N3OS. The largest absolute Gasteiger partial charge is 0.435 e. The Bertz CT molecular complexity index is 731. The van der Waals surface area contributed by atoms with Crippen LogP contribution in [0.25, 0.3) is 10.2 Å². The van der Waals surface area contributed by atoms with Crippen LogP contribution in [0, 0.1) is 13.8 Å². The summed E-state index contributed by atoms with van der Waals surface area (Å²) in [5.74, 6) is 1.22. The van der Waals surface area contributed by atoms with Gasteiger partial charge in [0.1, 0.15) is 11.0 Å².